The molecule has 116 valence electrons. The van der Waals surface area contributed by atoms with E-state index in [-0.39, 0.29) is 17.5 Å². The van der Waals surface area contributed by atoms with Gasteiger partial charge in [-0.25, -0.2) is 17.5 Å². The lowest BCUT2D eigenvalue weighted by Gasteiger charge is -2.34. The van der Waals surface area contributed by atoms with Crippen LogP contribution in [0.15, 0.2) is 23.1 Å². The van der Waals surface area contributed by atoms with Crippen LogP contribution in [-0.4, -0.2) is 51.9 Å². The van der Waals surface area contributed by atoms with Crippen molar-refractivity contribution in [1.82, 2.24) is 14.9 Å². The molecule has 0 spiro atoms. The highest BCUT2D eigenvalue weighted by Crippen LogP contribution is 2.18. The fraction of sp³-hybridized carbons (Fsp3) is 0.462. The number of rotatable bonds is 3. The minimum absolute atomic E-state index is 0.000611. The van der Waals surface area contributed by atoms with Gasteiger partial charge in [-0.1, -0.05) is 0 Å². The molecule has 1 saturated heterocycles. The van der Waals surface area contributed by atoms with Crippen molar-refractivity contribution in [3.05, 3.63) is 29.6 Å². The van der Waals surface area contributed by atoms with Crippen molar-refractivity contribution in [3.8, 4) is 0 Å². The van der Waals surface area contributed by atoms with Gasteiger partial charge in [0.15, 0.2) is 0 Å². The smallest absolute Gasteiger partial charge is 0.254 e. The van der Waals surface area contributed by atoms with Crippen LogP contribution < -0.4 is 10.0 Å². The monoisotopic (exact) mass is 315 g/mol. The summed E-state index contributed by atoms with van der Waals surface area (Å²) < 4.78 is 39.2. The zero-order valence-electron chi connectivity index (χ0n) is 11.9. The number of halogens is 1. The third-order valence-corrected chi connectivity index (χ3v) is 4.93. The first kappa shape index (κ1) is 15.9. The molecule has 2 rings (SSSR count). The Kier molecular flexibility index (Phi) is 4.60. The number of carbonyl (C=O) groups is 1. The Balaban J connectivity index is 2.37. The number of hydrogen-bond acceptors (Lipinski definition) is 4. The van der Waals surface area contributed by atoms with Crippen LogP contribution in [0.5, 0.6) is 0 Å². The van der Waals surface area contributed by atoms with Crippen LogP contribution in [0.25, 0.3) is 0 Å². The van der Waals surface area contributed by atoms with Crippen LogP contribution in [0.3, 0.4) is 0 Å². The molecule has 1 atom stereocenters. The van der Waals surface area contributed by atoms with E-state index in [1.807, 2.05) is 6.92 Å². The van der Waals surface area contributed by atoms with Gasteiger partial charge in [-0.05, 0) is 32.2 Å². The van der Waals surface area contributed by atoms with E-state index >= 15 is 0 Å². The van der Waals surface area contributed by atoms with Gasteiger partial charge in [0.2, 0.25) is 10.0 Å². The van der Waals surface area contributed by atoms with Crippen molar-refractivity contribution in [2.75, 3.05) is 26.7 Å². The Morgan fingerprint density at radius 3 is 2.81 bits per heavy atom. The minimum atomic E-state index is -3.94. The summed E-state index contributed by atoms with van der Waals surface area (Å²) in [5.74, 6) is -1.18. The second-order valence-corrected chi connectivity index (χ2v) is 6.76. The molecule has 0 aromatic heterocycles. The van der Waals surface area contributed by atoms with Crippen LogP contribution in [0.4, 0.5) is 4.39 Å². The van der Waals surface area contributed by atoms with Gasteiger partial charge in [0.1, 0.15) is 10.7 Å². The highest BCUT2D eigenvalue weighted by molar-refractivity contribution is 7.89. The van der Waals surface area contributed by atoms with Crippen molar-refractivity contribution in [2.24, 2.45) is 0 Å². The van der Waals surface area contributed by atoms with Crippen molar-refractivity contribution >= 4 is 15.9 Å². The van der Waals surface area contributed by atoms with Crippen LogP contribution in [0.2, 0.25) is 0 Å². The van der Waals surface area contributed by atoms with Crippen LogP contribution >= 0.6 is 0 Å². The predicted molar refractivity (Wildman–Crippen MR) is 76.0 cm³/mol. The molecule has 6 nitrogen and oxygen atoms in total. The summed E-state index contributed by atoms with van der Waals surface area (Å²) in [6.45, 7) is 3.79. The van der Waals surface area contributed by atoms with Gasteiger partial charge in [-0.2, -0.15) is 0 Å². The standard InChI is InChI=1S/C13H18FN3O3S/c1-9-8-16-5-6-17(9)13(18)10-3-4-11(14)12(7-10)21(19,20)15-2/h3-4,7,9,15-16H,5-6,8H2,1-2H3. The van der Waals surface area contributed by atoms with Crippen molar-refractivity contribution < 1.29 is 17.6 Å². The van der Waals surface area contributed by atoms with Gasteiger partial charge in [-0.15, -0.1) is 0 Å². The summed E-state index contributed by atoms with van der Waals surface area (Å²) in [5, 5.41) is 3.16. The van der Waals surface area contributed by atoms with E-state index in [0.717, 1.165) is 12.1 Å². The quantitative estimate of drug-likeness (QED) is 0.833. The molecule has 8 heteroatoms. The average molecular weight is 315 g/mol. The molecule has 21 heavy (non-hydrogen) atoms. The Bertz CT molecular complexity index is 648. The first-order chi connectivity index (χ1) is 9.86. The molecule has 1 aliphatic rings. The first-order valence-corrected chi connectivity index (χ1v) is 8.10. The number of amides is 1. The maximum atomic E-state index is 13.7. The lowest BCUT2D eigenvalue weighted by Crippen LogP contribution is -2.52. The Hall–Kier alpha value is -1.51. The molecular formula is C13H18FN3O3S. The molecule has 0 aliphatic carbocycles. The summed E-state index contributed by atoms with van der Waals surface area (Å²) in [7, 11) is -2.74. The number of nitrogens with one attached hydrogen (secondary N) is 2. The summed E-state index contributed by atoms with van der Waals surface area (Å²) >= 11 is 0. The van der Waals surface area contributed by atoms with Gasteiger partial charge in [0.05, 0.1) is 0 Å². The third-order valence-electron chi connectivity index (χ3n) is 3.50. The highest BCUT2D eigenvalue weighted by atomic mass is 32.2. The second kappa shape index (κ2) is 6.08. The summed E-state index contributed by atoms with van der Waals surface area (Å²) in [6.07, 6.45) is 0. The molecule has 1 aromatic carbocycles. The molecule has 1 heterocycles. The SMILES string of the molecule is CNS(=O)(=O)c1cc(C(=O)N2CCNCC2C)ccc1F. The zero-order chi connectivity index (χ0) is 15.6. The van der Waals surface area contributed by atoms with Crippen molar-refractivity contribution in [3.63, 3.8) is 0 Å². The maximum absolute atomic E-state index is 13.7. The number of carbonyl (C=O) groups excluding carboxylic acids is 1. The van der Waals surface area contributed by atoms with Gasteiger partial charge in [-0.3, -0.25) is 4.79 Å². The topological polar surface area (TPSA) is 78.5 Å². The summed E-state index contributed by atoms with van der Waals surface area (Å²) in [4.78, 5) is 13.6. The molecule has 0 saturated carbocycles. The molecule has 1 fully saturated rings. The zero-order valence-corrected chi connectivity index (χ0v) is 12.7. The molecular weight excluding hydrogens is 297 g/mol. The van der Waals surface area contributed by atoms with E-state index in [4.69, 9.17) is 0 Å². The summed E-state index contributed by atoms with van der Waals surface area (Å²) in [6, 6.07) is 3.39. The number of piperazine rings is 1. The van der Waals surface area contributed by atoms with Gasteiger partial charge >= 0.3 is 0 Å². The molecule has 1 aliphatic heterocycles. The largest absolute Gasteiger partial charge is 0.333 e. The maximum Gasteiger partial charge on any atom is 0.254 e. The molecule has 1 amide bonds. The molecule has 2 N–H and O–H groups in total. The summed E-state index contributed by atoms with van der Waals surface area (Å²) in [5.41, 5.74) is 0.166. The van der Waals surface area contributed by atoms with E-state index in [9.17, 15) is 17.6 Å². The molecule has 1 aromatic rings. The Morgan fingerprint density at radius 2 is 2.19 bits per heavy atom. The normalized spacial score (nSPS) is 19.6. The second-order valence-electron chi connectivity index (χ2n) is 4.90. The molecule has 1 unspecified atom stereocenters. The molecule has 0 bridgehead atoms. The fourth-order valence-electron chi connectivity index (χ4n) is 2.26. The van der Waals surface area contributed by atoms with E-state index in [1.165, 1.54) is 13.1 Å². The lowest BCUT2D eigenvalue weighted by molar-refractivity contribution is 0.0655. The van der Waals surface area contributed by atoms with Gasteiger partial charge < -0.3 is 10.2 Å². The highest BCUT2D eigenvalue weighted by Gasteiger charge is 2.26. The third kappa shape index (κ3) is 3.22. The number of sulfonamides is 1. The van der Waals surface area contributed by atoms with E-state index in [2.05, 4.69) is 10.0 Å². The first-order valence-electron chi connectivity index (χ1n) is 6.61. The number of hydrogen-bond donors (Lipinski definition) is 2. The van der Waals surface area contributed by atoms with E-state index in [1.54, 1.807) is 4.90 Å². The van der Waals surface area contributed by atoms with Crippen molar-refractivity contribution in [1.29, 1.82) is 0 Å². The van der Waals surface area contributed by atoms with Crippen LogP contribution in [0, 0.1) is 5.82 Å². The Labute approximate surface area is 123 Å². The molecule has 0 radical (unpaired) electrons. The van der Waals surface area contributed by atoms with Gasteiger partial charge in [0, 0.05) is 31.2 Å². The van der Waals surface area contributed by atoms with Crippen LogP contribution in [-0.2, 0) is 10.0 Å². The van der Waals surface area contributed by atoms with Gasteiger partial charge in [0.25, 0.3) is 5.91 Å². The number of nitrogens with zero attached hydrogens (tertiary/aromatic N) is 1. The minimum Gasteiger partial charge on any atom is -0.333 e. The van der Waals surface area contributed by atoms with E-state index < -0.39 is 20.7 Å². The lowest BCUT2D eigenvalue weighted by atomic mass is 10.1. The Morgan fingerprint density at radius 1 is 1.48 bits per heavy atom. The van der Waals surface area contributed by atoms with Crippen LogP contribution in [0.1, 0.15) is 17.3 Å². The predicted octanol–water partition coefficient (Wildman–Crippen LogP) is 0.168. The van der Waals surface area contributed by atoms with Crippen molar-refractivity contribution in [2.45, 2.75) is 17.9 Å². The fourth-order valence-corrected chi connectivity index (χ4v) is 3.09. The average Bonchev–Trinajstić information content (AvgIpc) is 2.47. The van der Waals surface area contributed by atoms with E-state index in [0.29, 0.717) is 19.6 Å². The number of benzene rings is 1.